The quantitative estimate of drug-likeness (QED) is 0.0797. The maximum Gasteiger partial charge on any atom is 0.314 e. The normalized spacial score (nSPS) is 11.9. The van der Waals surface area contributed by atoms with Crippen LogP contribution >= 0.6 is 0 Å². The van der Waals surface area contributed by atoms with Gasteiger partial charge >= 0.3 is 5.97 Å². The van der Waals surface area contributed by atoms with Crippen molar-refractivity contribution in [2.75, 3.05) is 5.32 Å². The lowest BCUT2D eigenvalue weighted by Gasteiger charge is -2.37. The first-order valence-electron chi connectivity index (χ1n) is 19.7. The van der Waals surface area contributed by atoms with Crippen LogP contribution in [0.4, 0.5) is 10.1 Å². The fourth-order valence-electron chi connectivity index (χ4n) is 7.74. The van der Waals surface area contributed by atoms with E-state index < -0.39 is 35.7 Å². The Kier molecular flexibility index (Phi) is 12.4. The number of carbonyl (C=O) groups excluding carboxylic acids is 3. The molecule has 0 bridgehead atoms. The van der Waals surface area contributed by atoms with E-state index in [1.54, 1.807) is 60.7 Å². The molecule has 0 radical (unpaired) electrons. The minimum Gasteiger partial charge on any atom is -0.453 e. The molecule has 0 aliphatic heterocycles. The van der Waals surface area contributed by atoms with E-state index in [9.17, 15) is 23.9 Å². The Hall–Kier alpha value is -6.90. The van der Waals surface area contributed by atoms with Gasteiger partial charge in [0.15, 0.2) is 11.7 Å². The number of hydrogen-bond donors (Lipinski definition) is 2. The average Bonchev–Trinajstić information content (AvgIpc) is 3.62. The molecule has 0 saturated carbocycles. The van der Waals surface area contributed by atoms with Gasteiger partial charge in [0.2, 0.25) is 0 Å². The van der Waals surface area contributed by atoms with Crippen LogP contribution in [0.15, 0.2) is 176 Å². The molecule has 0 aliphatic rings. The summed E-state index contributed by atoms with van der Waals surface area (Å²) in [5.41, 5.74) is 4.26. The predicted molar refractivity (Wildman–Crippen MR) is 229 cm³/mol. The van der Waals surface area contributed by atoms with Gasteiger partial charge in [0.05, 0.1) is 11.3 Å². The third-order valence-corrected chi connectivity index (χ3v) is 10.4. The van der Waals surface area contributed by atoms with Gasteiger partial charge in [-0.1, -0.05) is 153 Å². The van der Waals surface area contributed by atoms with Gasteiger partial charge in [-0.2, -0.15) is 0 Å². The molecule has 7 nitrogen and oxygen atoms in total. The van der Waals surface area contributed by atoms with Crippen LogP contribution in [-0.4, -0.2) is 27.3 Å². The number of rotatable bonds is 15. The fraction of sp³-hybridized carbons (Fsp3) is 0.157. The van der Waals surface area contributed by atoms with Gasteiger partial charge in [-0.3, -0.25) is 14.4 Å². The van der Waals surface area contributed by atoms with Gasteiger partial charge in [-0.25, -0.2) is 4.39 Å². The third kappa shape index (κ3) is 8.83. The van der Waals surface area contributed by atoms with Gasteiger partial charge in [0.25, 0.3) is 5.91 Å². The van der Waals surface area contributed by atoms with E-state index in [2.05, 4.69) is 5.32 Å². The lowest BCUT2D eigenvalue weighted by Crippen LogP contribution is -2.38. The van der Waals surface area contributed by atoms with Crippen molar-refractivity contribution < 1.29 is 28.6 Å². The summed E-state index contributed by atoms with van der Waals surface area (Å²) in [5, 5.41) is 15.7. The Balaban J connectivity index is 1.24. The van der Waals surface area contributed by atoms with Crippen molar-refractivity contribution >= 4 is 23.3 Å². The van der Waals surface area contributed by atoms with Crippen LogP contribution in [0.3, 0.4) is 0 Å². The molecular formula is C51H45FN2O5. The Morgan fingerprint density at radius 3 is 1.73 bits per heavy atom. The zero-order chi connectivity index (χ0) is 41.4. The SMILES string of the molecule is CC(C)c1c(C(=O)Nc2ccccc2)c(-c2ccccc2)c(-c2ccc(F)cc2)n1CCC(=O)CC(=O)O[C@H](c1ccccc1)C(O)(c1ccccc1)c1ccccc1. The van der Waals surface area contributed by atoms with E-state index in [1.807, 2.05) is 122 Å². The molecule has 59 heavy (non-hydrogen) atoms. The molecule has 296 valence electrons. The number of halogens is 1. The topological polar surface area (TPSA) is 97.6 Å². The highest BCUT2D eigenvalue weighted by Gasteiger charge is 2.44. The minimum atomic E-state index is -1.80. The smallest absolute Gasteiger partial charge is 0.314 e. The average molecular weight is 785 g/mol. The maximum absolute atomic E-state index is 14.4. The number of Topliss-reactive ketones (excluding diaryl/α,β-unsaturated/α-hetero) is 1. The monoisotopic (exact) mass is 784 g/mol. The number of esters is 1. The van der Waals surface area contributed by atoms with Crippen molar-refractivity contribution in [3.63, 3.8) is 0 Å². The van der Waals surface area contributed by atoms with Crippen molar-refractivity contribution in [1.29, 1.82) is 0 Å². The first-order chi connectivity index (χ1) is 28.6. The Morgan fingerprint density at radius 2 is 1.19 bits per heavy atom. The standard InChI is InChI=1S/C51H45FN2O5/c1-35(2)47-46(50(57)53-42-26-16-7-17-27-42)45(36-18-8-3-9-19-36)48(37-28-30-41(52)31-29-37)54(47)33-32-43(55)34-44(56)59-49(38-20-10-4-11-21-38)51(58,39-22-12-5-13-23-39)40-24-14-6-15-25-40/h3-31,35,49,58H,32-34H2,1-2H3,(H,53,57)/t49-/m1/s1. The van der Waals surface area contributed by atoms with Crippen molar-refractivity contribution in [1.82, 2.24) is 4.57 Å². The Morgan fingerprint density at radius 1 is 0.678 bits per heavy atom. The molecule has 0 aliphatic carbocycles. The van der Waals surface area contributed by atoms with E-state index in [1.165, 1.54) is 12.1 Å². The molecule has 0 fully saturated rings. The summed E-state index contributed by atoms with van der Waals surface area (Å²) >= 11 is 0. The van der Waals surface area contributed by atoms with Gasteiger partial charge in [-0.05, 0) is 70.1 Å². The summed E-state index contributed by atoms with van der Waals surface area (Å²) in [6.45, 7) is 4.08. The minimum absolute atomic E-state index is 0.0800. The van der Waals surface area contributed by atoms with Crippen LogP contribution in [-0.2, 0) is 26.5 Å². The van der Waals surface area contributed by atoms with Gasteiger partial charge in [-0.15, -0.1) is 0 Å². The van der Waals surface area contributed by atoms with Crippen molar-refractivity contribution in [3.05, 3.63) is 210 Å². The Bertz CT molecular complexity index is 2470. The van der Waals surface area contributed by atoms with Crippen LogP contribution in [0.1, 0.15) is 71.5 Å². The highest BCUT2D eigenvalue weighted by molar-refractivity contribution is 6.12. The second-order valence-corrected chi connectivity index (χ2v) is 14.7. The first-order valence-corrected chi connectivity index (χ1v) is 19.7. The van der Waals surface area contributed by atoms with Gasteiger partial charge < -0.3 is 19.7 Å². The summed E-state index contributed by atoms with van der Waals surface area (Å²) in [4.78, 5) is 42.3. The van der Waals surface area contributed by atoms with Crippen LogP contribution in [0.5, 0.6) is 0 Å². The van der Waals surface area contributed by atoms with E-state index in [0.29, 0.717) is 50.5 Å². The summed E-state index contributed by atoms with van der Waals surface area (Å²) in [6, 6.07) is 51.8. The van der Waals surface area contributed by atoms with Crippen molar-refractivity contribution in [3.8, 4) is 22.4 Å². The Labute approximate surface area is 343 Å². The maximum atomic E-state index is 14.4. The molecule has 1 aromatic heterocycles. The van der Waals surface area contributed by atoms with Gasteiger partial charge in [0, 0.05) is 29.9 Å². The molecule has 2 N–H and O–H groups in total. The summed E-state index contributed by atoms with van der Waals surface area (Å²) in [7, 11) is 0. The van der Waals surface area contributed by atoms with Crippen LogP contribution in [0, 0.1) is 5.82 Å². The molecule has 1 atom stereocenters. The number of ketones is 1. The fourth-order valence-corrected chi connectivity index (χ4v) is 7.74. The number of nitrogens with zero attached hydrogens (tertiary/aromatic N) is 1. The van der Waals surface area contributed by atoms with Crippen LogP contribution < -0.4 is 5.32 Å². The third-order valence-electron chi connectivity index (χ3n) is 10.4. The molecule has 0 spiro atoms. The molecule has 8 heteroatoms. The number of carbonyl (C=O) groups is 3. The van der Waals surface area contributed by atoms with E-state index in [4.69, 9.17) is 4.74 Å². The molecule has 1 heterocycles. The molecule has 0 saturated heterocycles. The predicted octanol–water partition coefficient (Wildman–Crippen LogP) is 10.9. The summed E-state index contributed by atoms with van der Waals surface area (Å²) in [5.74, 6) is -2.11. The highest BCUT2D eigenvalue weighted by atomic mass is 19.1. The lowest BCUT2D eigenvalue weighted by molar-refractivity contribution is -0.164. The zero-order valence-electron chi connectivity index (χ0n) is 32.9. The van der Waals surface area contributed by atoms with E-state index in [-0.39, 0.29) is 24.8 Å². The van der Waals surface area contributed by atoms with Gasteiger partial charge in [0.1, 0.15) is 18.0 Å². The molecule has 1 amide bonds. The van der Waals surface area contributed by atoms with Crippen LogP contribution in [0.2, 0.25) is 0 Å². The number of ether oxygens (including phenoxy) is 1. The summed E-state index contributed by atoms with van der Waals surface area (Å²) in [6.07, 6.45) is -1.83. The lowest BCUT2D eigenvalue weighted by atomic mass is 9.79. The largest absolute Gasteiger partial charge is 0.453 e. The molecule has 7 rings (SSSR count). The number of hydrogen-bond acceptors (Lipinski definition) is 5. The molecular weight excluding hydrogens is 740 g/mol. The number of anilines is 1. The first kappa shape index (κ1) is 40.3. The summed E-state index contributed by atoms with van der Waals surface area (Å²) < 4.78 is 22.5. The number of amides is 1. The van der Waals surface area contributed by atoms with E-state index in [0.717, 1.165) is 5.56 Å². The second-order valence-electron chi connectivity index (χ2n) is 14.7. The second kappa shape index (κ2) is 18.1. The highest BCUT2D eigenvalue weighted by Crippen LogP contribution is 2.45. The number of nitrogens with one attached hydrogen (secondary N) is 1. The van der Waals surface area contributed by atoms with Crippen molar-refractivity contribution in [2.45, 2.75) is 50.9 Å². The van der Waals surface area contributed by atoms with Crippen molar-refractivity contribution in [2.24, 2.45) is 0 Å². The molecule has 6 aromatic carbocycles. The molecule has 7 aromatic rings. The number of aromatic nitrogens is 1. The zero-order valence-corrected chi connectivity index (χ0v) is 32.9. The van der Waals surface area contributed by atoms with Crippen LogP contribution in [0.25, 0.3) is 22.4 Å². The number of benzene rings is 6. The number of para-hydroxylation sites is 1. The van der Waals surface area contributed by atoms with E-state index >= 15 is 0 Å². The molecule has 0 unspecified atom stereocenters. The number of aliphatic hydroxyl groups is 1.